The third-order valence-corrected chi connectivity index (χ3v) is 5.99. The molecule has 1 aromatic carbocycles. The molecule has 0 amide bonds. The lowest BCUT2D eigenvalue weighted by Gasteiger charge is -2.09. The standard InChI is InChI=1S/C9H10BrNO6S2/c1-18(14,15)5-19(16,17)11-8-3-2-6(9(12)13)4-7(8)10/h2-4,11H,5H2,1H3,(H,12,13). The van der Waals surface area contributed by atoms with Gasteiger partial charge in [0.1, 0.15) is 0 Å². The predicted molar refractivity (Wildman–Crippen MR) is 73.4 cm³/mol. The number of anilines is 1. The summed E-state index contributed by atoms with van der Waals surface area (Å²) >= 11 is 3.01. The van der Waals surface area contributed by atoms with Crippen molar-refractivity contribution in [2.75, 3.05) is 16.1 Å². The molecule has 106 valence electrons. The average Bonchev–Trinajstić information content (AvgIpc) is 2.16. The van der Waals surface area contributed by atoms with E-state index < -0.39 is 30.9 Å². The van der Waals surface area contributed by atoms with Crippen molar-refractivity contribution in [3.8, 4) is 0 Å². The van der Waals surface area contributed by atoms with Gasteiger partial charge < -0.3 is 5.11 Å². The molecular weight excluding hydrogens is 362 g/mol. The zero-order valence-electron chi connectivity index (χ0n) is 9.62. The summed E-state index contributed by atoms with van der Waals surface area (Å²) in [6, 6.07) is 3.64. The quantitative estimate of drug-likeness (QED) is 0.793. The molecule has 19 heavy (non-hydrogen) atoms. The molecule has 0 atom stereocenters. The minimum absolute atomic E-state index is 0.0297. The van der Waals surface area contributed by atoms with E-state index in [2.05, 4.69) is 20.7 Å². The van der Waals surface area contributed by atoms with E-state index >= 15 is 0 Å². The number of carboxylic acid groups (broad SMARTS) is 1. The largest absolute Gasteiger partial charge is 0.478 e. The number of sulfone groups is 1. The molecule has 10 heteroatoms. The van der Waals surface area contributed by atoms with E-state index in [-0.39, 0.29) is 15.7 Å². The van der Waals surface area contributed by atoms with Gasteiger partial charge in [0.15, 0.2) is 14.9 Å². The fourth-order valence-electron chi connectivity index (χ4n) is 1.21. The Morgan fingerprint density at radius 1 is 1.32 bits per heavy atom. The van der Waals surface area contributed by atoms with Crippen LogP contribution in [0.25, 0.3) is 0 Å². The van der Waals surface area contributed by atoms with Crippen LogP contribution in [0.15, 0.2) is 22.7 Å². The molecule has 0 bridgehead atoms. The third-order valence-electron chi connectivity index (χ3n) is 1.85. The monoisotopic (exact) mass is 371 g/mol. The molecule has 1 rings (SSSR count). The molecule has 0 saturated carbocycles. The maximum Gasteiger partial charge on any atom is 0.335 e. The molecule has 0 unspecified atom stereocenters. The van der Waals surface area contributed by atoms with E-state index in [0.29, 0.717) is 0 Å². The number of carboxylic acids is 1. The van der Waals surface area contributed by atoms with Crippen molar-refractivity contribution < 1.29 is 26.7 Å². The highest BCUT2D eigenvalue weighted by atomic mass is 79.9. The summed E-state index contributed by atoms with van der Waals surface area (Å²) in [5.41, 5.74) is 0.0339. The number of aromatic carboxylic acids is 1. The summed E-state index contributed by atoms with van der Waals surface area (Å²) in [7, 11) is -7.76. The van der Waals surface area contributed by atoms with Gasteiger partial charge in [-0.1, -0.05) is 0 Å². The van der Waals surface area contributed by atoms with Gasteiger partial charge in [0.25, 0.3) is 0 Å². The molecule has 0 saturated heterocycles. The molecular formula is C9H10BrNO6S2. The zero-order valence-corrected chi connectivity index (χ0v) is 12.8. The summed E-state index contributed by atoms with van der Waals surface area (Å²) in [5, 5.41) is 7.70. The Hall–Kier alpha value is -1.13. The van der Waals surface area contributed by atoms with Gasteiger partial charge in [0.05, 0.1) is 11.3 Å². The van der Waals surface area contributed by atoms with Gasteiger partial charge in [-0.05, 0) is 34.1 Å². The molecule has 0 radical (unpaired) electrons. The minimum Gasteiger partial charge on any atom is -0.478 e. The second-order valence-corrected chi connectivity index (χ2v) is 8.84. The van der Waals surface area contributed by atoms with Crippen LogP contribution in [-0.4, -0.2) is 39.3 Å². The van der Waals surface area contributed by atoms with E-state index in [1.165, 1.54) is 18.2 Å². The molecule has 0 aliphatic heterocycles. The Morgan fingerprint density at radius 3 is 2.32 bits per heavy atom. The van der Waals surface area contributed by atoms with Crippen molar-refractivity contribution in [3.05, 3.63) is 28.2 Å². The Labute approximate surface area is 118 Å². The van der Waals surface area contributed by atoms with Crippen LogP contribution in [0, 0.1) is 0 Å². The smallest absolute Gasteiger partial charge is 0.335 e. The molecule has 7 nitrogen and oxygen atoms in total. The lowest BCUT2D eigenvalue weighted by Crippen LogP contribution is -2.22. The first-order chi connectivity index (χ1) is 8.50. The molecule has 1 aromatic rings. The number of hydrogen-bond acceptors (Lipinski definition) is 5. The van der Waals surface area contributed by atoms with Gasteiger partial charge in [-0.25, -0.2) is 21.6 Å². The van der Waals surface area contributed by atoms with E-state index in [0.717, 1.165) is 6.26 Å². The third kappa shape index (κ3) is 5.17. The van der Waals surface area contributed by atoms with Crippen molar-refractivity contribution in [1.29, 1.82) is 0 Å². The highest BCUT2D eigenvalue weighted by Crippen LogP contribution is 2.24. The first-order valence-electron chi connectivity index (χ1n) is 4.71. The first-order valence-corrected chi connectivity index (χ1v) is 9.22. The van der Waals surface area contributed by atoms with E-state index in [1.54, 1.807) is 0 Å². The Morgan fingerprint density at radius 2 is 1.89 bits per heavy atom. The molecule has 0 heterocycles. The molecule has 0 spiro atoms. The Balaban J connectivity index is 3.04. The number of rotatable bonds is 5. The second kappa shape index (κ2) is 5.47. The number of sulfonamides is 1. The van der Waals surface area contributed by atoms with Gasteiger partial charge in [0, 0.05) is 10.7 Å². The van der Waals surface area contributed by atoms with Gasteiger partial charge in [-0.15, -0.1) is 0 Å². The molecule has 0 fully saturated rings. The van der Waals surface area contributed by atoms with Crippen LogP contribution < -0.4 is 4.72 Å². The highest BCUT2D eigenvalue weighted by Gasteiger charge is 2.19. The summed E-state index contributed by atoms with van der Waals surface area (Å²) in [6.07, 6.45) is 0.800. The molecule has 0 aliphatic carbocycles. The minimum atomic E-state index is -4.06. The SMILES string of the molecule is CS(=O)(=O)CS(=O)(=O)Nc1ccc(C(=O)O)cc1Br. The summed E-state index contributed by atoms with van der Waals surface area (Å²) in [4.78, 5) is 10.7. The lowest BCUT2D eigenvalue weighted by molar-refractivity contribution is 0.0697. The summed E-state index contributed by atoms with van der Waals surface area (Å²) in [6.45, 7) is 0. The van der Waals surface area contributed by atoms with Crippen molar-refractivity contribution >= 4 is 47.4 Å². The molecule has 0 aliphatic rings. The summed E-state index contributed by atoms with van der Waals surface area (Å²) < 4.78 is 47.3. The van der Waals surface area contributed by atoms with Crippen LogP contribution in [0.4, 0.5) is 5.69 Å². The van der Waals surface area contributed by atoms with Gasteiger partial charge in [-0.3, -0.25) is 4.72 Å². The Kier molecular flexibility index (Phi) is 4.59. The van der Waals surface area contributed by atoms with E-state index in [1.807, 2.05) is 0 Å². The fraction of sp³-hybridized carbons (Fsp3) is 0.222. The van der Waals surface area contributed by atoms with Crippen LogP contribution in [0.2, 0.25) is 0 Å². The van der Waals surface area contributed by atoms with E-state index in [9.17, 15) is 21.6 Å². The van der Waals surface area contributed by atoms with Crippen molar-refractivity contribution in [2.45, 2.75) is 0 Å². The van der Waals surface area contributed by atoms with Gasteiger partial charge in [-0.2, -0.15) is 0 Å². The Bertz CT molecular complexity index is 710. The number of halogens is 1. The predicted octanol–water partition coefficient (Wildman–Crippen LogP) is 0.891. The fourth-order valence-corrected chi connectivity index (χ4v) is 4.82. The van der Waals surface area contributed by atoms with Crippen LogP contribution in [-0.2, 0) is 19.9 Å². The van der Waals surface area contributed by atoms with E-state index in [4.69, 9.17) is 5.11 Å². The second-order valence-electron chi connectivity index (χ2n) is 3.76. The molecule has 0 aromatic heterocycles. The van der Waals surface area contributed by atoms with Crippen molar-refractivity contribution in [1.82, 2.24) is 0 Å². The lowest BCUT2D eigenvalue weighted by atomic mass is 10.2. The first kappa shape index (κ1) is 15.9. The normalized spacial score (nSPS) is 12.1. The zero-order chi connectivity index (χ0) is 14.8. The van der Waals surface area contributed by atoms with Crippen molar-refractivity contribution in [2.24, 2.45) is 0 Å². The number of nitrogens with one attached hydrogen (secondary N) is 1. The maximum atomic E-state index is 11.6. The number of benzene rings is 1. The number of carbonyl (C=O) groups is 1. The van der Waals surface area contributed by atoms with Gasteiger partial charge in [0.2, 0.25) is 10.0 Å². The van der Waals surface area contributed by atoms with Crippen LogP contribution in [0.3, 0.4) is 0 Å². The van der Waals surface area contributed by atoms with Crippen LogP contribution >= 0.6 is 15.9 Å². The average molecular weight is 372 g/mol. The van der Waals surface area contributed by atoms with Crippen LogP contribution in [0.5, 0.6) is 0 Å². The summed E-state index contributed by atoms with van der Waals surface area (Å²) in [5.74, 6) is -1.16. The van der Waals surface area contributed by atoms with Crippen LogP contribution in [0.1, 0.15) is 10.4 Å². The number of hydrogen-bond donors (Lipinski definition) is 2. The molecule has 2 N–H and O–H groups in total. The maximum absolute atomic E-state index is 11.6. The van der Waals surface area contributed by atoms with Crippen molar-refractivity contribution in [3.63, 3.8) is 0 Å². The highest BCUT2D eigenvalue weighted by molar-refractivity contribution is 9.10. The topological polar surface area (TPSA) is 118 Å². The van der Waals surface area contributed by atoms with Gasteiger partial charge >= 0.3 is 5.97 Å².